The van der Waals surface area contributed by atoms with Crippen molar-refractivity contribution in [2.24, 2.45) is 0 Å². The topological polar surface area (TPSA) is 45.2 Å². The summed E-state index contributed by atoms with van der Waals surface area (Å²) in [4.78, 5) is 19.3. The monoisotopic (exact) mass is 303 g/mol. The maximum Gasteiger partial charge on any atom is 0.253 e. The minimum absolute atomic E-state index is 0.0103. The normalized spacial score (nSPS) is 12.0. The van der Waals surface area contributed by atoms with Gasteiger partial charge in [0.05, 0.1) is 16.7 Å². The summed E-state index contributed by atoms with van der Waals surface area (Å²) >= 11 is 1.71. The molecular formula is C16H21N3OS. The molecule has 0 saturated carbocycles. The number of nitrogens with one attached hydrogen (secondary N) is 1. The van der Waals surface area contributed by atoms with E-state index in [1.165, 1.54) is 4.88 Å². The lowest BCUT2D eigenvalue weighted by Gasteiger charge is -2.16. The maximum atomic E-state index is 12.0. The van der Waals surface area contributed by atoms with Gasteiger partial charge in [0.15, 0.2) is 0 Å². The van der Waals surface area contributed by atoms with Gasteiger partial charge in [0.1, 0.15) is 0 Å². The number of hydrogen-bond donors (Lipinski definition) is 1. The van der Waals surface area contributed by atoms with Crippen molar-refractivity contribution in [3.8, 4) is 0 Å². The molecule has 1 heterocycles. The molecule has 2 rings (SSSR count). The Morgan fingerprint density at radius 3 is 2.62 bits per heavy atom. The molecule has 1 aromatic carbocycles. The van der Waals surface area contributed by atoms with Crippen LogP contribution >= 0.6 is 11.3 Å². The Hall–Kier alpha value is -1.88. The lowest BCUT2D eigenvalue weighted by molar-refractivity contribution is 0.0827. The highest BCUT2D eigenvalue weighted by molar-refractivity contribution is 7.11. The van der Waals surface area contributed by atoms with Crippen molar-refractivity contribution in [2.45, 2.75) is 26.8 Å². The summed E-state index contributed by atoms with van der Waals surface area (Å²) in [5.74, 6) is 0.0103. The van der Waals surface area contributed by atoms with Crippen LogP contribution in [0.5, 0.6) is 0 Å². The standard InChI is InChI=1S/C16H21N3OS/c1-10-15(21-12(3)17-10)11(2)18-14-8-6-7-13(9-14)16(20)19(4)5/h6-9,11,18H,1-5H3. The highest BCUT2D eigenvalue weighted by Gasteiger charge is 2.14. The van der Waals surface area contributed by atoms with Crippen molar-refractivity contribution in [1.82, 2.24) is 9.88 Å². The van der Waals surface area contributed by atoms with Crippen molar-refractivity contribution in [2.75, 3.05) is 19.4 Å². The van der Waals surface area contributed by atoms with Crippen molar-refractivity contribution >= 4 is 22.9 Å². The third-order valence-corrected chi connectivity index (χ3v) is 4.49. The van der Waals surface area contributed by atoms with Gasteiger partial charge >= 0.3 is 0 Å². The Bertz CT molecular complexity index is 649. The van der Waals surface area contributed by atoms with Crippen molar-refractivity contribution in [3.63, 3.8) is 0 Å². The zero-order valence-corrected chi connectivity index (χ0v) is 13.9. The number of rotatable bonds is 4. The molecule has 4 nitrogen and oxygen atoms in total. The van der Waals surface area contributed by atoms with Crippen LogP contribution in [0.1, 0.15) is 38.9 Å². The van der Waals surface area contributed by atoms with E-state index < -0.39 is 0 Å². The van der Waals surface area contributed by atoms with Crippen LogP contribution in [0.4, 0.5) is 5.69 Å². The lowest BCUT2D eigenvalue weighted by Crippen LogP contribution is -2.21. The zero-order chi connectivity index (χ0) is 15.6. The smallest absolute Gasteiger partial charge is 0.253 e. The van der Waals surface area contributed by atoms with Gasteiger partial charge in [-0.2, -0.15) is 0 Å². The Balaban J connectivity index is 2.18. The van der Waals surface area contributed by atoms with E-state index in [0.717, 1.165) is 16.4 Å². The molecular weight excluding hydrogens is 282 g/mol. The summed E-state index contributed by atoms with van der Waals surface area (Å²) in [6.07, 6.45) is 0. The van der Waals surface area contributed by atoms with Crippen LogP contribution in [0.15, 0.2) is 24.3 Å². The number of hydrogen-bond acceptors (Lipinski definition) is 4. The molecule has 0 bridgehead atoms. The number of thiazole rings is 1. The third-order valence-electron chi connectivity index (χ3n) is 3.23. The average Bonchev–Trinajstić information content (AvgIpc) is 2.77. The molecule has 1 aromatic heterocycles. The summed E-state index contributed by atoms with van der Waals surface area (Å²) in [5.41, 5.74) is 2.70. The fraction of sp³-hybridized carbons (Fsp3) is 0.375. The fourth-order valence-electron chi connectivity index (χ4n) is 2.26. The molecule has 0 radical (unpaired) electrons. The van der Waals surface area contributed by atoms with Gasteiger partial charge < -0.3 is 10.2 Å². The number of carbonyl (C=O) groups excluding carboxylic acids is 1. The molecule has 112 valence electrons. The molecule has 0 aliphatic heterocycles. The summed E-state index contributed by atoms with van der Waals surface area (Å²) in [7, 11) is 3.52. The van der Waals surface area contributed by atoms with Gasteiger partial charge in [-0.25, -0.2) is 4.98 Å². The van der Waals surface area contributed by atoms with Gasteiger partial charge in [0.25, 0.3) is 5.91 Å². The van der Waals surface area contributed by atoms with Crippen molar-refractivity contribution < 1.29 is 4.79 Å². The fourth-order valence-corrected chi connectivity index (χ4v) is 3.19. The maximum absolute atomic E-state index is 12.0. The molecule has 5 heteroatoms. The molecule has 1 unspecified atom stereocenters. The quantitative estimate of drug-likeness (QED) is 0.938. The Labute approximate surface area is 129 Å². The van der Waals surface area contributed by atoms with Crippen LogP contribution in [-0.2, 0) is 0 Å². The first kappa shape index (κ1) is 15.5. The summed E-state index contributed by atoms with van der Waals surface area (Å²) in [5, 5.41) is 4.52. The summed E-state index contributed by atoms with van der Waals surface area (Å²) in [6.45, 7) is 6.16. The molecule has 0 fully saturated rings. The van der Waals surface area contributed by atoms with Crippen LogP contribution in [0.3, 0.4) is 0 Å². The zero-order valence-electron chi connectivity index (χ0n) is 13.1. The SMILES string of the molecule is Cc1nc(C)c(C(C)Nc2cccc(C(=O)N(C)C)c2)s1. The highest BCUT2D eigenvalue weighted by atomic mass is 32.1. The van der Waals surface area contributed by atoms with E-state index in [-0.39, 0.29) is 11.9 Å². The number of benzene rings is 1. The molecule has 0 aliphatic rings. The second-order valence-corrected chi connectivity index (χ2v) is 6.56. The van der Waals surface area contributed by atoms with Gasteiger partial charge in [-0.1, -0.05) is 6.07 Å². The third kappa shape index (κ3) is 3.61. The molecule has 0 aliphatic carbocycles. The summed E-state index contributed by atoms with van der Waals surface area (Å²) in [6, 6.07) is 7.77. The first-order chi connectivity index (χ1) is 9.88. The van der Waals surface area contributed by atoms with Crippen LogP contribution < -0.4 is 5.32 Å². The number of amides is 1. The molecule has 0 spiro atoms. The Kier molecular flexibility index (Phi) is 4.63. The number of nitrogens with zero attached hydrogens (tertiary/aromatic N) is 2. The molecule has 1 amide bonds. The molecule has 21 heavy (non-hydrogen) atoms. The second-order valence-electron chi connectivity index (χ2n) is 5.33. The van der Waals surface area contributed by atoms with Crippen molar-refractivity contribution in [3.05, 3.63) is 45.4 Å². The van der Waals surface area contributed by atoms with Crippen LogP contribution in [0.2, 0.25) is 0 Å². The number of carbonyl (C=O) groups is 1. The van der Waals surface area contributed by atoms with Gasteiger partial charge in [0, 0.05) is 30.2 Å². The van der Waals surface area contributed by atoms with E-state index in [9.17, 15) is 4.79 Å². The largest absolute Gasteiger partial charge is 0.378 e. The van der Waals surface area contributed by atoms with Crippen LogP contribution in [0, 0.1) is 13.8 Å². The van der Waals surface area contributed by atoms with Gasteiger partial charge in [-0.3, -0.25) is 4.79 Å². The summed E-state index contributed by atoms with van der Waals surface area (Å²) < 4.78 is 0. The molecule has 1 N–H and O–H groups in total. The molecule has 0 saturated heterocycles. The minimum Gasteiger partial charge on any atom is -0.378 e. The van der Waals surface area contributed by atoms with E-state index in [1.54, 1.807) is 30.3 Å². The second kappa shape index (κ2) is 6.26. The Morgan fingerprint density at radius 2 is 2.05 bits per heavy atom. The van der Waals surface area contributed by atoms with E-state index in [4.69, 9.17) is 0 Å². The number of aryl methyl sites for hydroxylation is 2. The van der Waals surface area contributed by atoms with Crippen LogP contribution in [-0.4, -0.2) is 29.9 Å². The van der Waals surface area contributed by atoms with Crippen molar-refractivity contribution in [1.29, 1.82) is 0 Å². The first-order valence-electron chi connectivity index (χ1n) is 6.90. The van der Waals surface area contributed by atoms with E-state index in [1.807, 2.05) is 38.1 Å². The van der Waals surface area contributed by atoms with E-state index in [0.29, 0.717) is 5.56 Å². The predicted octanol–water partition coefficient (Wildman–Crippen LogP) is 3.63. The minimum atomic E-state index is 0.0103. The molecule has 1 atom stereocenters. The average molecular weight is 303 g/mol. The van der Waals surface area contributed by atoms with E-state index in [2.05, 4.69) is 17.2 Å². The number of aromatic nitrogens is 1. The van der Waals surface area contributed by atoms with Crippen LogP contribution in [0.25, 0.3) is 0 Å². The molecule has 2 aromatic rings. The van der Waals surface area contributed by atoms with E-state index >= 15 is 0 Å². The van der Waals surface area contributed by atoms with Gasteiger partial charge in [-0.05, 0) is 39.0 Å². The highest BCUT2D eigenvalue weighted by Crippen LogP contribution is 2.27. The van der Waals surface area contributed by atoms with Gasteiger partial charge in [-0.15, -0.1) is 11.3 Å². The lowest BCUT2D eigenvalue weighted by atomic mass is 10.1. The van der Waals surface area contributed by atoms with Gasteiger partial charge in [0.2, 0.25) is 0 Å². The Morgan fingerprint density at radius 1 is 1.33 bits per heavy atom. The predicted molar refractivity (Wildman–Crippen MR) is 88.1 cm³/mol. The number of anilines is 1. The first-order valence-corrected chi connectivity index (χ1v) is 7.72.